The quantitative estimate of drug-likeness (QED) is 0.890. The maximum atomic E-state index is 12.2. The second kappa shape index (κ2) is 7.02. The molecule has 1 aliphatic carbocycles. The van der Waals surface area contributed by atoms with E-state index in [9.17, 15) is 4.79 Å². The summed E-state index contributed by atoms with van der Waals surface area (Å²) in [6, 6.07) is 6.17. The predicted octanol–water partition coefficient (Wildman–Crippen LogP) is 2.76. The molecule has 1 amide bonds. The molecule has 0 spiro atoms. The summed E-state index contributed by atoms with van der Waals surface area (Å²) >= 11 is 0. The molecule has 1 saturated carbocycles. The van der Waals surface area contributed by atoms with Crippen LogP contribution in [0.15, 0.2) is 43.0 Å². The Bertz CT molecular complexity index is 624. The Balaban J connectivity index is 1.59. The van der Waals surface area contributed by atoms with Crippen molar-refractivity contribution in [3.8, 4) is 0 Å². The van der Waals surface area contributed by atoms with Crippen molar-refractivity contribution in [2.45, 2.75) is 38.3 Å². The van der Waals surface area contributed by atoms with Gasteiger partial charge in [-0.3, -0.25) is 14.8 Å². The number of carbonyl (C=O) groups is 1. The van der Waals surface area contributed by atoms with Crippen LogP contribution in [0.25, 0.3) is 0 Å². The first kappa shape index (κ1) is 14.5. The first-order valence-corrected chi connectivity index (χ1v) is 7.70. The van der Waals surface area contributed by atoms with Gasteiger partial charge in [-0.1, -0.05) is 18.9 Å². The molecule has 3 rings (SSSR count). The number of rotatable bonds is 5. The van der Waals surface area contributed by atoms with Crippen molar-refractivity contribution >= 4 is 11.6 Å². The third-order valence-corrected chi connectivity index (χ3v) is 3.90. The van der Waals surface area contributed by atoms with Crippen molar-refractivity contribution in [2.24, 2.45) is 0 Å². The van der Waals surface area contributed by atoms with Crippen molar-refractivity contribution < 1.29 is 4.79 Å². The van der Waals surface area contributed by atoms with E-state index in [1.54, 1.807) is 24.8 Å². The minimum atomic E-state index is -0.119. The summed E-state index contributed by atoms with van der Waals surface area (Å²) in [6.45, 7) is 0.465. The molecule has 0 bridgehead atoms. The van der Waals surface area contributed by atoms with E-state index in [-0.39, 0.29) is 5.91 Å². The van der Waals surface area contributed by atoms with Gasteiger partial charge < -0.3 is 10.6 Å². The Hall–Kier alpha value is -2.43. The molecular formula is C17H20N4O. The van der Waals surface area contributed by atoms with Crippen LogP contribution in [-0.2, 0) is 6.54 Å². The zero-order valence-corrected chi connectivity index (χ0v) is 12.5. The number of nitrogens with one attached hydrogen (secondary N) is 2. The van der Waals surface area contributed by atoms with Gasteiger partial charge in [-0.15, -0.1) is 0 Å². The largest absolute Gasteiger partial charge is 0.381 e. The average molecular weight is 296 g/mol. The molecule has 1 fully saturated rings. The number of anilines is 1. The highest BCUT2D eigenvalue weighted by molar-refractivity contribution is 5.94. The van der Waals surface area contributed by atoms with Crippen LogP contribution >= 0.6 is 0 Å². The van der Waals surface area contributed by atoms with Gasteiger partial charge in [0.25, 0.3) is 5.91 Å². The van der Waals surface area contributed by atoms with E-state index in [1.807, 2.05) is 18.2 Å². The highest BCUT2D eigenvalue weighted by atomic mass is 16.1. The second-order valence-corrected chi connectivity index (χ2v) is 5.63. The molecule has 2 aromatic rings. The fourth-order valence-corrected chi connectivity index (χ4v) is 2.74. The molecule has 0 radical (unpaired) electrons. The van der Waals surface area contributed by atoms with Crippen LogP contribution in [0.5, 0.6) is 0 Å². The van der Waals surface area contributed by atoms with Gasteiger partial charge >= 0.3 is 0 Å². The molecular weight excluding hydrogens is 276 g/mol. The van der Waals surface area contributed by atoms with E-state index >= 15 is 0 Å². The van der Waals surface area contributed by atoms with Gasteiger partial charge in [-0.25, -0.2) is 0 Å². The Morgan fingerprint density at radius 2 is 2.05 bits per heavy atom. The van der Waals surface area contributed by atoms with Gasteiger partial charge in [-0.2, -0.15) is 0 Å². The Labute approximate surface area is 130 Å². The second-order valence-electron chi connectivity index (χ2n) is 5.63. The zero-order chi connectivity index (χ0) is 15.2. The van der Waals surface area contributed by atoms with Crippen molar-refractivity contribution in [3.05, 3.63) is 54.1 Å². The number of nitrogens with zero attached hydrogens (tertiary/aromatic N) is 2. The molecule has 5 heteroatoms. The smallest absolute Gasteiger partial charge is 0.253 e. The summed E-state index contributed by atoms with van der Waals surface area (Å²) in [7, 11) is 0. The van der Waals surface area contributed by atoms with Crippen molar-refractivity contribution in [2.75, 3.05) is 5.32 Å². The van der Waals surface area contributed by atoms with Crippen LogP contribution in [0.1, 0.15) is 41.6 Å². The lowest BCUT2D eigenvalue weighted by Gasteiger charge is -2.13. The van der Waals surface area contributed by atoms with E-state index in [0.717, 1.165) is 11.3 Å². The summed E-state index contributed by atoms with van der Waals surface area (Å²) in [5.41, 5.74) is 2.47. The molecule has 2 heterocycles. The maximum Gasteiger partial charge on any atom is 0.253 e. The van der Waals surface area contributed by atoms with Crippen LogP contribution in [0.2, 0.25) is 0 Å². The number of carbonyl (C=O) groups excluding carboxylic acids is 1. The average Bonchev–Trinajstić information content (AvgIpc) is 3.07. The zero-order valence-electron chi connectivity index (χ0n) is 12.5. The van der Waals surface area contributed by atoms with Gasteiger partial charge in [0, 0.05) is 37.4 Å². The summed E-state index contributed by atoms with van der Waals surface area (Å²) in [6.07, 6.45) is 11.8. The first-order chi connectivity index (χ1) is 10.8. The number of aromatic nitrogens is 2. The van der Waals surface area contributed by atoms with Gasteiger partial charge in [0.05, 0.1) is 11.3 Å². The van der Waals surface area contributed by atoms with Crippen LogP contribution in [0, 0.1) is 0 Å². The first-order valence-electron chi connectivity index (χ1n) is 7.70. The van der Waals surface area contributed by atoms with Crippen molar-refractivity contribution in [1.29, 1.82) is 0 Å². The highest BCUT2D eigenvalue weighted by Gasteiger charge is 2.15. The number of pyridine rings is 2. The minimum absolute atomic E-state index is 0.119. The number of amides is 1. The molecule has 0 aromatic carbocycles. The molecule has 0 saturated heterocycles. The van der Waals surface area contributed by atoms with Crippen molar-refractivity contribution in [3.63, 3.8) is 0 Å². The molecule has 5 nitrogen and oxygen atoms in total. The summed E-state index contributed by atoms with van der Waals surface area (Å²) in [5.74, 6) is -0.119. The topological polar surface area (TPSA) is 66.9 Å². The monoisotopic (exact) mass is 296 g/mol. The van der Waals surface area contributed by atoms with Gasteiger partial charge in [0.1, 0.15) is 0 Å². The maximum absolute atomic E-state index is 12.2. The number of hydrogen-bond acceptors (Lipinski definition) is 4. The molecule has 1 aliphatic rings. The van der Waals surface area contributed by atoms with E-state index in [4.69, 9.17) is 0 Å². The van der Waals surface area contributed by atoms with Gasteiger partial charge in [-0.05, 0) is 30.5 Å². The molecule has 0 unspecified atom stereocenters. The van der Waals surface area contributed by atoms with E-state index in [2.05, 4.69) is 20.6 Å². The number of hydrogen-bond donors (Lipinski definition) is 2. The molecule has 114 valence electrons. The third kappa shape index (κ3) is 3.81. The van der Waals surface area contributed by atoms with Gasteiger partial charge in [0.15, 0.2) is 0 Å². The van der Waals surface area contributed by atoms with Crippen LogP contribution < -0.4 is 10.6 Å². The Morgan fingerprint density at radius 3 is 2.82 bits per heavy atom. The summed E-state index contributed by atoms with van der Waals surface area (Å²) < 4.78 is 0. The molecule has 2 aromatic heterocycles. The van der Waals surface area contributed by atoms with E-state index in [1.165, 1.54) is 25.7 Å². The van der Waals surface area contributed by atoms with Crippen LogP contribution in [0.4, 0.5) is 5.69 Å². The van der Waals surface area contributed by atoms with E-state index < -0.39 is 0 Å². The SMILES string of the molecule is O=C(NCc1cccnc1)c1cncc(NC2CCCC2)c1. The minimum Gasteiger partial charge on any atom is -0.381 e. The highest BCUT2D eigenvalue weighted by Crippen LogP contribution is 2.22. The summed E-state index contributed by atoms with van der Waals surface area (Å²) in [4.78, 5) is 20.4. The Kier molecular flexibility index (Phi) is 4.63. The fourth-order valence-electron chi connectivity index (χ4n) is 2.74. The van der Waals surface area contributed by atoms with Crippen LogP contribution in [-0.4, -0.2) is 21.9 Å². The fraction of sp³-hybridized carbons (Fsp3) is 0.353. The lowest BCUT2D eigenvalue weighted by Crippen LogP contribution is -2.23. The van der Waals surface area contributed by atoms with Gasteiger partial charge in [0.2, 0.25) is 0 Å². The van der Waals surface area contributed by atoms with Crippen molar-refractivity contribution in [1.82, 2.24) is 15.3 Å². The standard InChI is InChI=1S/C17H20N4O/c22-17(20-10-13-4-3-7-18-9-13)14-8-16(12-19-11-14)21-15-5-1-2-6-15/h3-4,7-9,11-12,15,21H,1-2,5-6,10H2,(H,20,22). The normalized spacial score (nSPS) is 14.7. The molecule has 22 heavy (non-hydrogen) atoms. The van der Waals surface area contributed by atoms with Crippen LogP contribution in [0.3, 0.4) is 0 Å². The molecule has 0 aliphatic heterocycles. The summed E-state index contributed by atoms with van der Waals surface area (Å²) in [5, 5.41) is 6.35. The molecule has 0 atom stereocenters. The lowest BCUT2D eigenvalue weighted by molar-refractivity contribution is 0.0950. The third-order valence-electron chi connectivity index (χ3n) is 3.90. The molecule has 2 N–H and O–H groups in total. The Morgan fingerprint density at radius 1 is 1.18 bits per heavy atom. The predicted molar refractivity (Wildman–Crippen MR) is 85.5 cm³/mol. The lowest BCUT2D eigenvalue weighted by atomic mass is 10.2. The van der Waals surface area contributed by atoms with E-state index in [0.29, 0.717) is 18.2 Å².